The van der Waals surface area contributed by atoms with Gasteiger partial charge in [-0.1, -0.05) is 25.2 Å². The number of likely N-dealkylation sites (N-methyl/N-ethyl adjacent to an activating group) is 1. The van der Waals surface area contributed by atoms with Crippen LogP contribution in [0.3, 0.4) is 0 Å². The lowest BCUT2D eigenvalue weighted by Gasteiger charge is -2.25. The Morgan fingerprint density at radius 1 is 1.18 bits per heavy atom. The zero-order valence-corrected chi connectivity index (χ0v) is 14.8. The summed E-state index contributed by atoms with van der Waals surface area (Å²) < 4.78 is 1.23. The third-order valence-electron chi connectivity index (χ3n) is 4.22. The number of thiazole rings is 1. The van der Waals surface area contributed by atoms with Crippen LogP contribution in [0.1, 0.15) is 38.8 Å². The Balaban J connectivity index is 0.000000396. The topological polar surface area (TPSA) is 42.2 Å². The highest BCUT2D eigenvalue weighted by molar-refractivity contribution is 7.22. The predicted molar refractivity (Wildman–Crippen MR) is 97.3 cm³/mol. The molecular weight excluding hydrogens is 290 g/mol. The van der Waals surface area contributed by atoms with E-state index in [0.29, 0.717) is 11.2 Å². The summed E-state index contributed by atoms with van der Waals surface area (Å²) in [6.07, 6.45) is 2.33. The summed E-state index contributed by atoms with van der Waals surface area (Å²) >= 11 is 1.59. The Kier molecular flexibility index (Phi) is 5.82. The molecule has 3 nitrogen and oxygen atoms in total. The molecule has 2 N–H and O–H groups in total. The molecule has 0 unspecified atom stereocenters. The molecule has 4 heteroatoms. The Morgan fingerprint density at radius 3 is 2.32 bits per heavy atom. The van der Waals surface area contributed by atoms with E-state index in [1.165, 1.54) is 22.2 Å². The highest BCUT2D eigenvalue weighted by Gasteiger charge is 2.26. The van der Waals surface area contributed by atoms with Gasteiger partial charge < -0.3 is 10.6 Å². The van der Waals surface area contributed by atoms with Crippen LogP contribution in [0.5, 0.6) is 0 Å². The fraction of sp³-hybridized carbons (Fsp3) is 0.500. The molecule has 0 saturated heterocycles. The largest absolute Gasteiger partial charge is 0.375 e. The van der Waals surface area contributed by atoms with Gasteiger partial charge in [-0.2, -0.15) is 0 Å². The van der Waals surface area contributed by atoms with Crippen LogP contribution in [0, 0.1) is 11.8 Å². The van der Waals surface area contributed by atoms with Crippen LogP contribution < -0.4 is 5.73 Å². The van der Waals surface area contributed by atoms with Gasteiger partial charge in [0.25, 0.3) is 0 Å². The molecule has 1 heterocycles. The molecule has 0 aliphatic heterocycles. The average molecular weight is 315 g/mol. The van der Waals surface area contributed by atoms with E-state index in [1.54, 1.807) is 11.3 Å². The van der Waals surface area contributed by atoms with Gasteiger partial charge in [-0.25, -0.2) is 4.98 Å². The summed E-state index contributed by atoms with van der Waals surface area (Å²) in [6.45, 7) is 10.4. The standard InChI is InChI=1S/C14H19N3S.C4H6/c1-3-17(4-2)11-5-9-7-12-13(8-10(9)6-11)18-14(15)16-12;1-3-4-2/h7-8,11H,3-6H2,1-2H3,(H2,15,16);1-2H3/t11-;/m1./s1. The van der Waals surface area contributed by atoms with Crippen molar-refractivity contribution in [2.45, 2.75) is 46.6 Å². The second-order valence-electron chi connectivity index (χ2n) is 5.42. The maximum Gasteiger partial charge on any atom is 0.181 e. The normalized spacial score (nSPS) is 16.0. The van der Waals surface area contributed by atoms with Crippen molar-refractivity contribution in [2.24, 2.45) is 0 Å². The fourth-order valence-corrected chi connectivity index (χ4v) is 3.81. The van der Waals surface area contributed by atoms with E-state index >= 15 is 0 Å². The van der Waals surface area contributed by atoms with E-state index in [1.807, 2.05) is 13.8 Å². The molecule has 22 heavy (non-hydrogen) atoms. The number of nitrogens with two attached hydrogens (primary N) is 1. The third kappa shape index (κ3) is 3.60. The Hall–Kier alpha value is -1.57. The van der Waals surface area contributed by atoms with Gasteiger partial charge in [-0.05, 0) is 63.0 Å². The van der Waals surface area contributed by atoms with Crippen LogP contribution in [-0.4, -0.2) is 29.0 Å². The summed E-state index contributed by atoms with van der Waals surface area (Å²) in [6, 6.07) is 5.20. The zero-order chi connectivity index (χ0) is 16.1. The van der Waals surface area contributed by atoms with Crippen LogP contribution in [0.15, 0.2) is 12.1 Å². The van der Waals surface area contributed by atoms with Gasteiger partial charge in [0.1, 0.15) is 0 Å². The number of rotatable bonds is 3. The molecule has 1 aromatic heterocycles. The molecule has 0 bridgehead atoms. The Labute approximate surface area is 137 Å². The number of hydrogen-bond donors (Lipinski definition) is 1. The molecule has 0 spiro atoms. The van der Waals surface area contributed by atoms with Crippen molar-refractivity contribution < 1.29 is 0 Å². The first kappa shape index (κ1) is 16.8. The van der Waals surface area contributed by atoms with Crippen LogP contribution in [-0.2, 0) is 12.8 Å². The molecule has 0 radical (unpaired) electrons. The quantitative estimate of drug-likeness (QED) is 0.878. The lowest BCUT2D eigenvalue weighted by atomic mass is 10.1. The van der Waals surface area contributed by atoms with E-state index in [4.69, 9.17) is 5.73 Å². The summed E-state index contributed by atoms with van der Waals surface area (Å²) in [5.74, 6) is 5.36. The maximum atomic E-state index is 5.77. The lowest BCUT2D eigenvalue weighted by Crippen LogP contribution is -2.35. The Morgan fingerprint density at radius 2 is 1.77 bits per heavy atom. The highest BCUT2D eigenvalue weighted by atomic mass is 32.1. The van der Waals surface area contributed by atoms with Gasteiger partial charge in [0.2, 0.25) is 0 Å². The minimum atomic E-state index is 0.670. The molecule has 1 aromatic carbocycles. The number of nitrogens with zero attached hydrogens (tertiary/aromatic N) is 2. The van der Waals surface area contributed by atoms with Crippen molar-refractivity contribution >= 4 is 26.7 Å². The predicted octanol–water partition coefficient (Wildman–Crippen LogP) is 3.72. The smallest absolute Gasteiger partial charge is 0.181 e. The van der Waals surface area contributed by atoms with Crippen molar-refractivity contribution in [2.75, 3.05) is 18.8 Å². The number of hydrogen-bond acceptors (Lipinski definition) is 4. The summed E-state index contributed by atoms with van der Waals surface area (Å²) in [5.41, 5.74) is 9.79. The molecule has 0 amide bonds. The van der Waals surface area contributed by atoms with E-state index in [0.717, 1.165) is 25.0 Å². The highest BCUT2D eigenvalue weighted by Crippen LogP contribution is 2.32. The van der Waals surface area contributed by atoms with Gasteiger partial charge in [-0.15, -0.1) is 11.8 Å². The Bertz CT molecular complexity index is 640. The number of nitrogen functional groups attached to an aromatic ring is 1. The number of anilines is 1. The minimum Gasteiger partial charge on any atom is -0.375 e. The first-order valence-corrected chi connectivity index (χ1v) is 8.69. The van der Waals surface area contributed by atoms with Crippen LogP contribution in [0.25, 0.3) is 10.2 Å². The summed E-state index contributed by atoms with van der Waals surface area (Å²) in [5, 5.41) is 0.675. The van der Waals surface area contributed by atoms with Crippen LogP contribution in [0.2, 0.25) is 0 Å². The molecule has 1 aliphatic carbocycles. The van der Waals surface area contributed by atoms with Crippen molar-refractivity contribution in [3.05, 3.63) is 23.3 Å². The first-order chi connectivity index (χ1) is 10.6. The minimum absolute atomic E-state index is 0.670. The molecule has 118 valence electrons. The maximum absolute atomic E-state index is 5.77. The second kappa shape index (κ2) is 7.62. The molecule has 1 atom stereocenters. The van der Waals surface area contributed by atoms with Gasteiger partial charge in [-0.3, -0.25) is 0 Å². The van der Waals surface area contributed by atoms with Gasteiger partial charge in [0, 0.05) is 6.04 Å². The molecule has 1 aliphatic rings. The van der Waals surface area contributed by atoms with E-state index in [-0.39, 0.29) is 0 Å². The van der Waals surface area contributed by atoms with E-state index in [9.17, 15) is 0 Å². The van der Waals surface area contributed by atoms with Gasteiger partial charge >= 0.3 is 0 Å². The molecule has 3 rings (SSSR count). The summed E-state index contributed by atoms with van der Waals surface area (Å²) in [4.78, 5) is 6.94. The van der Waals surface area contributed by atoms with Crippen molar-refractivity contribution in [3.63, 3.8) is 0 Å². The van der Waals surface area contributed by atoms with Crippen LogP contribution in [0.4, 0.5) is 5.13 Å². The lowest BCUT2D eigenvalue weighted by molar-refractivity contribution is 0.223. The SMILES string of the molecule is CC#CC.CCN(CC)[C@@H]1Cc2cc3nc(N)sc3cc2C1. The van der Waals surface area contributed by atoms with Crippen molar-refractivity contribution in [1.82, 2.24) is 9.88 Å². The molecule has 2 aromatic rings. The first-order valence-electron chi connectivity index (χ1n) is 7.88. The summed E-state index contributed by atoms with van der Waals surface area (Å²) in [7, 11) is 0. The van der Waals surface area contributed by atoms with Gasteiger partial charge in [0.05, 0.1) is 10.2 Å². The van der Waals surface area contributed by atoms with E-state index < -0.39 is 0 Å². The molecular formula is C18H25N3S. The fourth-order valence-electron chi connectivity index (χ4n) is 3.04. The third-order valence-corrected chi connectivity index (χ3v) is 5.06. The number of fused-ring (bicyclic) bond motifs is 2. The van der Waals surface area contributed by atoms with Crippen LogP contribution >= 0.6 is 11.3 Å². The molecule has 0 saturated carbocycles. The zero-order valence-electron chi connectivity index (χ0n) is 13.9. The van der Waals surface area contributed by atoms with Crippen molar-refractivity contribution in [1.29, 1.82) is 0 Å². The monoisotopic (exact) mass is 315 g/mol. The van der Waals surface area contributed by atoms with Gasteiger partial charge in [0.15, 0.2) is 5.13 Å². The average Bonchev–Trinajstić information content (AvgIpc) is 3.07. The number of benzene rings is 1. The number of aromatic nitrogens is 1. The van der Waals surface area contributed by atoms with Crippen molar-refractivity contribution in [3.8, 4) is 11.8 Å². The molecule has 0 fully saturated rings. The van der Waals surface area contributed by atoms with E-state index in [2.05, 4.69) is 47.7 Å². The second-order valence-corrected chi connectivity index (χ2v) is 6.49.